The topological polar surface area (TPSA) is 76.8 Å². The van der Waals surface area contributed by atoms with Crippen LogP contribution in [0.5, 0.6) is 0 Å². The number of rotatable bonds is 0. The van der Waals surface area contributed by atoms with Crippen molar-refractivity contribution in [2.24, 2.45) is 22.1 Å². The van der Waals surface area contributed by atoms with E-state index < -0.39 is 0 Å². The maximum Gasteiger partial charge on any atom is 1.00 e. The van der Waals surface area contributed by atoms with Crippen molar-refractivity contribution in [3.63, 3.8) is 0 Å². The van der Waals surface area contributed by atoms with E-state index in [4.69, 9.17) is 0 Å². The largest absolute Gasteiger partial charge is 1.00 e. The Labute approximate surface area is 45.1 Å². The molecule has 0 spiro atoms. The second-order valence-corrected chi connectivity index (χ2v) is 0.231. The van der Waals surface area contributed by atoms with E-state index in [9.17, 15) is 0 Å². The third kappa shape index (κ3) is 16.8. The average Bonchev–Trinajstić information content (AvgIpc) is 1.37. The Balaban J connectivity index is 0. The predicted octanol–water partition coefficient (Wildman–Crippen LogP) is -0.817. The molecule has 0 saturated heterocycles. The molecule has 0 aromatic carbocycles. The molecule has 0 unspecified atom stereocenters. The zero-order valence-corrected chi connectivity index (χ0v) is 3.83. The molecule has 0 aliphatic heterocycles. The van der Waals surface area contributed by atoms with Crippen LogP contribution in [0.15, 0.2) is 10.4 Å². The first-order valence-corrected chi connectivity index (χ1v) is 0.716. The molecule has 0 heterocycles. The summed E-state index contributed by atoms with van der Waals surface area (Å²) in [7, 11) is 0. The van der Waals surface area contributed by atoms with Gasteiger partial charge in [0.25, 0.3) is 0 Å². The molecule has 0 bridgehead atoms. The van der Waals surface area contributed by atoms with Crippen LogP contribution in [0.2, 0.25) is 0 Å². The van der Waals surface area contributed by atoms with Crippen LogP contribution in [-0.4, -0.2) is 0 Å². The summed E-state index contributed by atoms with van der Waals surface area (Å²) >= 11 is 0. The van der Waals surface area contributed by atoms with Gasteiger partial charge >= 0.3 is 22.4 Å². The third-order valence-electron chi connectivity index (χ3n) is 0.0667. The Morgan fingerprint density at radius 3 is 1.20 bits per heavy atom. The van der Waals surface area contributed by atoms with E-state index in [1.54, 1.807) is 0 Å². The molecule has 0 fully saturated rings. The van der Waals surface area contributed by atoms with Crippen LogP contribution in [0.4, 0.5) is 0 Å². The van der Waals surface area contributed by atoms with Crippen molar-refractivity contribution < 1.29 is 22.4 Å². The quantitative estimate of drug-likeness (QED) is 0.214. The van der Waals surface area contributed by atoms with E-state index in [1.807, 2.05) is 0 Å². The van der Waals surface area contributed by atoms with Crippen molar-refractivity contribution in [1.29, 1.82) is 0 Å². The molecule has 0 amide bonds. The van der Waals surface area contributed by atoms with E-state index in [-0.39, 0.29) is 22.4 Å². The van der Waals surface area contributed by atoms with E-state index >= 15 is 0 Å². The van der Waals surface area contributed by atoms with Gasteiger partial charge in [0.1, 0.15) is 0 Å². The van der Waals surface area contributed by atoms with Crippen LogP contribution < -0.4 is 11.7 Å². The molecule has 4 N–H and O–H groups in total. The van der Waals surface area contributed by atoms with Crippen molar-refractivity contribution in [3.05, 3.63) is 0 Å². The minimum Gasteiger partial charge on any atom is -0.303 e. The minimum absolute atomic E-state index is 0. The van der Waals surface area contributed by atoms with Gasteiger partial charge in [-0.1, -0.05) is 10.4 Å². The van der Waals surface area contributed by atoms with Crippen LogP contribution in [0.1, 0.15) is 0 Å². The number of nitrogens with zero attached hydrogens (tertiary/aromatic N) is 2. The molecule has 0 aromatic heterocycles. The first-order valence-electron chi connectivity index (χ1n) is 0.716. The van der Waals surface area contributed by atoms with Gasteiger partial charge in [-0.15, -0.1) is 0 Å². The molecular formula is H4AgN4+. The van der Waals surface area contributed by atoms with Crippen LogP contribution in [0, 0.1) is 0 Å². The van der Waals surface area contributed by atoms with Gasteiger partial charge in [-0.25, -0.2) is 0 Å². The Morgan fingerprint density at radius 2 is 1.20 bits per heavy atom. The molecule has 4 nitrogen and oxygen atoms in total. The third-order valence-corrected chi connectivity index (χ3v) is 0.0667. The van der Waals surface area contributed by atoms with E-state index in [1.165, 1.54) is 0 Å². The van der Waals surface area contributed by atoms with Crippen LogP contribution in [0.3, 0.4) is 0 Å². The maximum absolute atomic E-state index is 4.36. The van der Waals surface area contributed by atoms with Gasteiger partial charge < -0.3 is 11.7 Å². The van der Waals surface area contributed by atoms with Gasteiger partial charge in [-0.05, 0) is 0 Å². The molecule has 5 heavy (non-hydrogen) atoms. The van der Waals surface area contributed by atoms with Crippen LogP contribution in [-0.2, 0) is 22.4 Å². The minimum atomic E-state index is 0. The predicted molar refractivity (Wildman–Crippen MR) is 13.2 cm³/mol. The first kappa shape index (κ1) is 8.87. The number of hydrogen-bond donors (Lipinski definition) is 2. The Bertz CT molecular complexity index is 18.8. The van der Waals surface area contributed by atoms with Crippen LogP contribution >= 0.6 is 0 Å². The van der Waals surface area contributed by atoms with Crippen molar-refractivity contribution in [1.82, 2.24) is 0 Å². The second kappa shape index (κ2) is 9.05. The maximum atomic E-state index is 4.36. The van der Waals surface area contributed by atoms with Crippen molar-refractivity contribution >= 4 is 0 Å². The molecule has 0 aliphatic carbocycles. The first-order chi connectivity index (χ1) is 1.91. The molecule has 0 rings (SSSR count). The monoisotopic (exact) mass is 167 g/mol. The summed E-state index contributed by atoms with van der Waals surface area (Å²) in [5.41, 5.74) is 0. The Morgan fingerprint density at radius 1 is 1.00 bits per heavy atom. The summed E-state index contributed by atoms with van der Waals surface area (Å²) < 4.78 is 0. The van der Waals surface area contributed by atoms with Gasteiger partial charge in [0.05, 0.1) is 0 Å². The van der Waals surface area contributed by atoms with Gasteiger partial charge in [0.2, 0.25) is 0 Å². The Kier molecular flexibility index (Phi) is 16.1. The fraction of sp³-hybridized carbons (Fsp3) is 0. The van der Waals surface area contributed by atoms with Gasteiger partial charge in [-0.3, -0.25) is 0 Å². The summed E-state index contributed by atoms with van der Waals surface area (Å²) in [6.07, 6.45) is 0. The Hall–Kier alpha value is -0.0597. The van der Waals surface area contributed by atoms with E-state index in [0.29, 0.717) is 0 Å². The summed E-state index contributed by atoms with van der Waals surface area (Å²) in [5.74, 6) is 8.72. The summed E-state index contributed by atoms with van der Waals surface area (Å²) in [5, 5.41) is 5.28. The summed E-state index contributed by atoms with van der Waals surface area (Å²) in [6.45, 7) is 0. The zero-order chi connectivity index (χ0) is 3.41. The molecular weight excluding hydrogens is 164 g/mol. The average molecular weight is 168 g/mol. The van der Waals surface area contributed by atoms with Crippen LogP contribution in [0.25, 0.3) is 0 Å². The smallest absolute Gasteiger partial charge is 0.303 e. The molecule has 0 radical (unpaired) electrons. The number of nitrogens with two attached hydrogens (primary N) is 2. The normalized spacial score (nSPS) is 7.20. The second-order valence-electron chi connectivity index (χ2n) is 0.231. The molecule has 0 aliphatic rings. The summed E-state index contributed by atoms with van der Waals surface area (Å²) in [4.78, 5) is 0. The molecule has 0 saturated carbocycles. The fourth-order valence-electron chi connectivity index (χ4n) is 0. The standard InChI is InChI=1S/Ag.H4N4/c;1-3-4-2/h;(H2,1,4)(H2,2,3)/q+1;. The fourth-order valence-corrected chi connectivity index (χ4v) is 0. The summed E-state index contributed by atoms with van der Waals surface area (Å²) in [6, 6.07) is 0. The van der Waals surface area contributed by atoms with Gasteiger partial charge in [-0.2, -0.15) is 0 Å². The van der Waals surface area contributed by atoms with Crippen molar-refractivity contribution in [2.75, 3.05) is 0 Å². The van der Waals surface area contributed by atoms with Crippen molar-refractivity contribution in [2.45, 2.75) is 0 Å². The molecule has 0 atom stereocenters. The molecule has 34 valence electrons. The number of hydrogen-bond acceptors (Lipinski definition) is 2. The van der Waals surface area contributed by atoms with E-state index in [0.717, 1.165) is 0 Å². The van der Waals surface area contributed by atoms with Gasteiger partial charge in [0, 0.05) is 0 Å². The van der Waals surface area contributed by atoms with E-state index in [2.05, 4.69) is 22.1 Å². The van der Waals surface area contributed by atoms with Crippen molar-refractivity contribution in [3.8, 4) is 0 Å². The SMILES string of the molecule is N/N=N/N.[Ag+]. The van der Waals surface area contributed by atoms with Gasteiger partial charge in [0.15, 0.2) is 0 Å². The molecule has 5 heteroatoms. The zero-order valence-electron chi connectivity index (χ0n) is 2.35. The molecule has 0 aromatic rings.